The number of benzene rings is 1. The van der Waals surface area contributed by atoms with E-state index in [2.05, 4.69) is 9.88 Å². The van der Waals surface area contributed by atoms with Crippen molar-refractivity contribution >= 4 is 28.8 Å². The normalized spacial score (nSPS) is 23.2. The standard InChI is InChI=1S/C19H22ClN3O2S/c1-13-21-10-15(26-13)11-23-8-6-19(23)5-2-7-22(12-19)18(25)16-4-3-14(20)9-17(16)24/h3-4,9-10,24H,2,5-8,11-12H2,1H3. The highest BCUT2D eigenvalue weighted by molar-refractivity contribution is 7.11. The van der Waals surface area contributed by atoms with Gasteiger partial charge in [0.1, 0.15) is 5.75 Å². The summed E-state index contributed by atoms with van der Waals surface area (Å²) >= 11 is 7.63. The average Bonchev–Trinajstić information content (AvgIpc) is 3.03. The Morgan fingerprint density at radius 1 is 1.38 bits per heavy atom. The number of rotatable bonds is 3. The minimum atomic E-state index is -0.112. The van der Waals surface area contributed by atoms with Crippen LogP contribution in [0.1, 0.15) is 39.5 Å². The average molecular weight is 392 g/mol. The summed E-state index contributed by atoms with van der Waals surface area (Å²) in [5, 5.41) is 11.6. The van der Waals surface area contributed by atoms with Crippen molar-refractivity contribution in [2.75, 3.05) is 19.6 Å². The molecule has 1 aromatic carbocycles. The van der Waals surface area contributed by atoms with Gasteiger partial charge in [-0.15, -0.1) is 11.3 Å². The Bertz CT molecular complexity index is 840. The van der Waals surface area contributed by atoms with Crippen LogP contribution in [0.25, 0.3) is 0 Å². The number of hydrogen-bond donors (Lipinski definition) is 1. The Hall–Kier alpha value is -1.63. The number of aryl methyl sites for hydroxylation is 1. The smallest absolute Gasteiger partial charge is 0.257 e. The monoisotopic (exact) mass is 391 g/mol. The fourth-order valence-electron chi connectivity index (χ4n) is 4.10. The van der Waals surface area contributed by atoms with Crippen LogP contribution in [-0.4, -0.2) is 51.0 Å². The summed E-state index contributed by atoms with van der Waals surface area (Å²) in [5.41, 5.74) is 0.392. The predicted molar refractivity (Wildman–Crippen MR) is 103 cm³/mol. The second kappa shape index (κ2) is 6.83. The van der Waals surface area contributed by atoms with E-state index in [0.29, 0.717) is 17.1 Å². The lowest BCUT2D eigenvalue weighted by Crippen LogP contribution is -2.66. The first-order valence-corrected chi connectivity index (χ1v) is 10.1. The molecule has 2 aromatic rings. The van der Waals surface area contributed by atoms with Gasteiger partial charge in [0.15, 0.2) is 0 Å². The second-order valence-electron chi connectivity index (χ2n) is 7.23. The third-order valence-electron chi connectivity index (χ3n) is 5.57. The number of thiazole rings is 1. The first-order valence-electron chi connectivity index (χ1n) is 8.91. The zero-order chi connectivity index (χ0) is 18.3. The van der Waals surface area contributed by atoms with E-state index < -0.39 is 0 Å². The zero-order valence-corrected chi connectivity index (χ0v) is 16.3. The summed E-state index contributed by atoms with van der Waals surface area (Å²) in [6.45, 7) is 5.44. The van der Waals surface area contributed by atoms with E-state index in [1.54, 1.807) is 23.5 Å². The highest BCUT2D eigenvalue weighted by Crippen LogP contribution is 2.40. The van der Waals surface area contributed by atoms with Crippen LogP contribution in [0.15, 0.2) is 24.4 Å². The topological polar surface area (TPSA) is 56.7 Å². The number of halogens is 1. The molecule has 1 N–H and O–H groups in total. The maximum atomic E-state index is 12.9. The van der Waals surface area contributed by atoms with E-state index in [1.807, 2.05) is 18.0 Å². The van der Waals surface area contributed by atoms with E-state index in [9.17, 15) is 9.90 Å². The molecule has 2 saturated heterocycles. The fraction of sp³-hybridized carbons (Fsp3) is 0.474. The van der Waals surface area contributed by atoms with E-state index >= 15 is 0 Å². The molecule has 5 nitrogen and oxygen atoms in total. The fourth-order valence-corrected chi connectivity index (χ4v) is 5.08. The van der Waals surface area contributed by atoms with Gasteiger partial charge in [-0.3, -0.25) is 9.69 Å². The highest BCUT2D eigenvalue weighted by atomic mass is 35.5. The van der Waals surface area contributed by atoms with Gasteiger partial charge < -0.3 is 10.0 Å². The molecule has 0 saturated carbocycles. The number of nitrogens with zero attached hydrogens (tertiary/aromatic N) is 3. The number of phenolic OH excluding ortho intramolecular Hbond substituents is 1. The number of carbonyl (C=O) groups excluding carboxylic acids is 1. The van der Waals surface area contributed by atoms with Crippen LogP contribution in [0.3, 0.4) is 0 Å². The van der Waals surface area contributed by atoms with E-state index in [-0.39, 0.29) is 17.2 Å². The maximum absolute atomic E-state index is 12.9. The third-order valence-corrected chi connectivity index (χ3v) is 6.70. The van der Waals surface area contributed by atoms with Crippen LogP contribution in [0.5, 0.6) is 5.75 Å². The quantitative estimate of drug-likeness (QED) is 0.866. The Labute approximate surface area is 162 Å². The minimum absolute atomic E-state index is 0.0484. The maximum Gasteiger partial charge on any atom is 0.257 e. The molecule has 2 aliphatic rings. The lowest BCUT2D eigenvalue weighted by molar-refractivity contribution is -0.0643. The second-order valence-corrected chi connectivity index (χ2v) is 8.99. The van der Waals surface area contributed by atoms with Crippen LogP contribution >= 0.6 is 22.9 Å². The van der Waals surface area contributed by atoms with Crippen LogP contribution in [-0.2, 0) is 6.54 Å². The molecule has 1 atom stereocenters. The van der Waals surface area contributed by atoms with Crippen LogP contribution in [0.4, 0.5) is 0 Å². The van der Waals surface area contributed by atoms with E-state index in [1.165, 1.54) is 10.9 Å². The SMILES string of the molecule is Cc1ncc(CN2CCC23CCCN(C(=O)c2ccc(Cl)cc2O)C3)s1. The largest absolute Gasteiger partial charge is 0.507 e. The summed E-state index contributed by atoms with van der Waals surface area (Å²) in [6.07, 6.45) is 5.17. The van der Waals surface area contributed by atoms with Gasteiger partial charge in [-0.05, 0) is 44.4 Å². The predicted octanol–water partition coefficient (Wildman–Crippen LogP) is 3.69. The Kier molecular flexibility index (Phi) is 4.67. The molecule has 0 bridgehead atoms. The van der Waals surface area contributed by atoms with Gasteiger partial charge in [0.25, 0.3) is 5.91 Å². The van der Waals surface area contributed by atoms with Crippen molar-refractivity contribution in [2.24, 2.45) is 0 Å². The Morgan fingerprint density at radius 2 is 2.23 bits per heavy atom. The number of phenols is 1. The van der Waals surface area contributed by atoms with Crippen molar-refractivity contribution in [3.05, 3.63) is 44.9 Å². The van der Waals surface area contributed by atoms with Gasteiger partial charge in [-0.25, -0.2) is 4.98 Å². The molecular formula is C19H22ClN3O2S. The molecule has 0 radical (unpaired) electrons. The van der Waals surface area contributed by atoms with Crippen LogP contribution < -0.4 is 0 Å². The van der Waals surface area contributed by atoms with Crippen molar-refractivity contribution in [2.45, 2.75) is 38.3 Å². The molecule has 1 unspecified atom stereocenters. The number of hydrogen-bond acceptors (Lipinski definition) is 5. The molecule has 26 heavy (non-hydrogen) atoms. The van der Waals surface area contributed by atoms with Crippen LogP contribution in [0.2, 0.25) is 5.02 Å². The molecule has 7 heteroatoms. The number of likely N-dealkylation sites (tertiary alicyclic amines) is 2. The minimum Gasteiger partial charge on any atom is -0.507 e. The molecule has 0 aliphatic carbocycles. The van der Waals surface area contributed by atoms with E-state index in [0.717, 1.165) is 43.9 Å². The number of carbonyl (C=O) groups is 1. The molecule has 1 aromatic heterocycles. The number of piperidine rings is 1. The molecular weight excluding hydrogens is 370 g/mol. The summed E-state index contributed by atoms with van der Waals surface area (Å²) in [4.78, 5) is 22.9. The molecule has 2 aliphatic heterocycles. The van der Waals surface area contributed by atoms with Gasteiger partial charge in [0.2, 0.25) is 0 Å². The summed E-state index contributed by atoms with van der Waals surface area (Å²) in [5.74, 6) is -0.161. The van der Waals surface area contributed by atoms with Gasteiger partial charge in [-0.2, -0.15) is 0 Å². The third kappa shape index (κ3) is 3.21. The van der Waals surface area contributed by atoms with Crippen LogP contribution in [0, 0.1) is 6.92 Å². The summed E-state index contributed by atoms with van der Waals surface area (Å²) in [6, 6.07) is 4.69. The summed E-state index contributed by atoms with van der Waals surface area (Å²) in [7, 11) is 0. The zero-order valence-electron chi connectivity index (χ0n) is 14.7. The lowest BCUT2D eigenvalue weighted by atomic mass is 9.77. The van der Waals surface area contributed by atoms with Crippen molar-refractivity contribution in [1.82, 2.24) is 14.8 Å². The van der Waals surface area contributed by atoms with Crippen molar-refractivity contribution in [1.29, 1.82) is 0 Å². The summed E-state index contributed by atoms with van der Waals surface area (Å²) < 4.78 is 0. The van der Waals surface area contributed by atoms with Crippen molar-refractivity contribution in [3.63, 3.8) is 0 Å². The molecule has 1 spiro atoms. The van der Waals surface area contributed by atoms with Crippen molar-refractivity contribution in [3.8, 4) is 5.75 Å². The Balaban J connectivity index is 1.49. The van der Waals surface area contributed by atoms with Gasteiger partial charge >= 0.3 is 0 Å². The first-order chi connectivity index (χ1) is 12.5. The molecule has 3 heterocycles. The van der Waals surface area contributed by atoms with Gasteiger partial charge in [-0.1, -0.05) is 11.6 Å². The molecule has 1 amide bonds. The van der Waals surface area contributed by atoms with Crippen molar-refractivity contribution < 1.29 is 9.90 Å². The Morgan fingerprint density at radius 3 is 2.88 bits per heavy atom. The highest BCUT2D eigenvalue weighted by Gasteiger charge is 2.48. The number of aromatic hydroxyl groups is 1. The van der Waals surface area contributed by atoms with Gasteiger partial charge in [0, 0.05) is 47.8 Å². The molecule has 138 valence electrons. The first kappa shape index (κ1) is 17.8. The number of amides is 1. The molecule has 2 fully saturated rings. The number of aromatic nitrogens is 1. The lowest BCUT2D eigenvalue weighted by Gasteiger charge is -2.57. The molecule has 4 rings (SSSR count). The van der Waals surface area contributed by atoms with E-state index in [4.69, 9.17) is 11.6 Å². The van der Waals surface area contributed by atoms with Gasteiger partial charge in [0.05, 0.1) is 10.6 Å².